The number of hydrogen-bond acceptors (Lipinski definition) is 8. The number of ether oxygens (including phenoxy) is 2. The quantitative estimate of drug-likeness (QED) is 0.0357. The van der Waals surface area contributed by atoms with Crippen molar-refractivity contribution >= 4 is 5.91 Å². The van der Waals surface area contributed by atoms with Gasteiger partial charge in [0.05, 0.1) is 25.4 Å². The van der Waals surface area contributed by atoms with Gasteiger partial charge >= 0.3 is 0 Å². The summed E-state index contributed by atoms with van der Waals surface area (Å²) in [5.74, 6) is -0.156. The van der Waals surface area contributed by atoms with Crippen LogP contribution in [0.2, 0.25) is 0 Å². The molecule has 1 amide bonds. The summed E-state index contributed by atoms with van der Waals surface area (Å²) >= 11 is 0. The van der Waals surface area contributed by atoms with Gasteiger partial charge in [-0.25, -0.2) is 0 Å². The zero-order chi connectivity index (χ0) is 34.5. The van der Waals surface area contributed by atoms with Gasteiger partial charge in [-0.15, -0.1) is 0 Å². The monoisotopic (exact) mass is 672 g/mol. The average Bonchev–Trinajstić information content (AvgIpc) is 3.07. The maximum absolute atomic E-state index is 12.9. The minimum absolute atomic E-state index is 0.139. The first-order valence-corrected chi connectivity index (χ1v) is 19.4. The lowest BCUT2D eigenvalue weighted by molar-refractivity contribution is -0.302. The standard InChI is InChI=1S/C38H73NO8/c1-3-5-7-9-11-13-15-16-18-20-22-24-26-28-34(42)39-31(30-46-38-37(45)36(44)35(43)33(29-40)47-38)32(41)27-25-23-21-19-17-14-12-10-8-6-4-2/h13,15,31-33,35-38,40-41,43-45H,3-12,14,16-30H2,1-2H3,(H,39,42)/b15-13+/t31-,32+,33-,35-,36?,37?,38-/m0/s1. The fourth-order valence-corrected chi connectivity index (χ4v) is 6.15. The van der Waals surface area contributed by atoms with Gasteiger partial charge in [-0.1, -0.05) is 135 Å². The van der Waals surface area contributed by atoms with Gasteiger partial charge < -0.3 is 40.3 Å². The Balaban J connectivity index is 2.43. The Bertz CT molecular complexity index is 751. The largest absolute Gasteiger partial charge is 0.394 e. The van der Waals surface area contributed by atoms with Crippen LogP contribution in [0.25, 0.3) is 0 Å². The summed E-state index contributed by atoms with van der Waals surface area (Å²) in [6.45, 7) is 3.78. The van der Waals surface area contributed by atoms with Crippen LogP contribution in [0.5, 0.6) is 0 Å². The number of rotatable bonds is 31. The molecule has 6 N–H and O–H groups in total. The number of amides is 1. The van der Waals surface area contributed by atoms with E-state index < -0.39 is 49.5 Å². The van der Waals surface area contributed by atoms with Crippen molar-refractivity contribution in [1.82, 2.24) is 5.32 Å². The van der Waals surface area contributed by atoms with E-state index in [0.29, 0.717) is 12.8 Å². The number of allylic oxidation sites excluding steroid dienone is 2. The molecule has 0 aromatic carbocycles. The van der Waals surface area contributed by atoms with Gasteiger partial charge in [0, 0.05) is 6.42 Å². The van der Waals surface area contributed by atoms with Crippen molar-refractivity contribution in [3.05, 3.63) is 12.2 Å². The van der Waals surface area contributed by atoms with Crippen molar-refractivity contribution in [3.8, 4) is 0 Å². The van der Waals surface area contributed by atoms with E-state index in [2.05, 4.69) is 31.3 Å². The van der Waals surface area contributed by atoms with Crippen LogP contribution in [-0.4, -0.2) is 87.5 Å². The van der Waals surface area contributed by atoms with E-state index in [0.717, 1.165) is 51.4 Å². The Labute approximate surface area is 286 Å². The average molecular weight is 672 g/mol. The SMILES string of the molecule is CCCCCC/C=C/CCCCCCCC(=O)N[C@@H](CO[C@H]1O[C@@H](CO)[C@H](O)C(O)C1O)[C@H](O)CCCCCCCCCCCCC. The lowest BCUT2D eigenvalue weighted by Gasteiger charge is -2.40. The Morgan fingerprint density at radius 1 is 0.702 bits per heavy atom. The fourth-order valence-electron chi connectivity index (χ4n) is 6.15. The van der Waals surface area contributed by atoms with Crippen LogP contribution in [-0.2, 0) is 14.3 Å². The van der Waals surface area contributed by atoms with Gasteiger partial charge in [0.25, 0.3) is 0 Å². The third kappa shape index (κ3) is 21.6. The van der Waals surface area contributed by atoms with Crippen LogP contribution in [0.3, 0.4) is 0 Å². The second-order valence-electron chi connectivity index (χ2n) is 13.7. The second-order valence-corrected chi connectivity index (χ2v) is 13.7. The normalized spacial score (nSPS) is 22.9. The molecule has 1 heterocycles. The number of unbranched alkanes of at least 4 members (excludes halogenated alkanes) is 19. The van der Waals surface area contributed by atoms with Gasteiger partial charge in [0.1, 0.15) is 24.4 Å². The third-order valence-electron chi connectivity index (χ3n) is 9.37. The summed E-state index contributed by atoms with van der Waals surface area (Å²) < 4.78 is 11.2. The zero-order valence-electron chi connectivity index (χ0n) is 30.0. The predicted molar refractivity (Wildman–Crippen MR) is 189 cm³/mol. The molecular weight excluding hydrogens is 598 g/mol. The molecule has 0 aromatic rings. The van der Waals surface area contributed by atoms with Crippen molar-refractivity contribution in [3.63, 3.8) is 0 Å². The predicted octanol–water partition coefficient (Wildman–Crippen LogP) is 6.61. The number of carbonyl (C=O) groups excluding carboxylic acids is 1. The molecule has 0 bridgehead atoms. The molecule has 0 aliphatic carbocycles. The molecule has 1 aliphatic heterocycles. The van der Waals surface area contributed by atoms with Crippen LogP contribution in [0, 0.1) is 0 Å². The van der Waals surface area contributed by atoms with Gasteiger partial charge in [-0.3, -0.25) is 4.79 Å². The first-order valence-electron chi connectivity index (χ1n) is 19.4. The second kappa shape index (κ2) is 29.8. The number of aliphatic hydroxyl groups is 5. The highest BCUT2D eigenvalue weighted by Gasteiger charge is 2.44. The van der Waals surface area contributed by atoms with Gasteiger partial charge in [0.2, 0.25) is 5.91 Å². The molecule has 2 unspecified atom stereocenters. The maximum Gasteiger partial charge on any atom is 0.220 e. The van der Waals surface area contributed by atoms with E-state index in [1.54, 1.807) is 0 Å². The summed E-state index contributed by atoms with van der Waals surface area (Å²) in [4.78, 5) is 12.9. The van der Waals surface area contributed by atoms with Crippen molar-refractivity contribution in [1.29, 1.82) is 0 Å². The molecule has 0 aromatic heterocycles. The van der Waals surface area contributed by atoms with Crippen LogP contribution in [0.15, 0.2) is 12.2 Å². The summed E-state index contributed by atoms with van der Waals surface area (Å²) in [5, 5.41) is 54.0. The van der Waals surface area contributed by atoms with Crippen LogP contribution in [0.1, 0.15) is 168 Å². The Morgan fingerprint density at radius 3 is 1.74 bits per heavy atom. The molecule has 1 fully saturated rings. The molecule has 0 spiro atoms. The molecule has 0 radical (unpaired) electrons. The zero-order valence-corrected chi connectivity index (χ0v) is 30.0. The highest BCUT2D eigenvalue weighted by molar-refractivity contribution is 5.76. The van der Waals surface area contributed by atoms with Crippen molar-refractivity contribution in [2.75, 3.05) is 13.2 Å². The van der Waals surface area contributed by atoms with Gasteiger partial charge in [0.15, 0.2) is 6.29 Å². The summed E-state index contributed by atoms with van der Waals surface area (Å²) in [6, 6.07) is -0.716. The van der Waals surface area contributed by atoms with E-state index in [-0.39, 0.29) is 12.5 Å². The molecule has 1 saturated heterocycles. The number of hydrogen-bond donors (Lipinski definition) is 6. The molecule has 9 heteroatoms. The summed E-state index contributed by atoms with van der Waals surface area (Å²) in [7, 11) is 0. The van der Waals surface area contributed by atoms with E-state index in [1.807, 2.05) is 0 Å². The van der Waals surface area contributed by atoms with Crippen molar-refractivity contribution in [2.24, 2.45) is 0 Å². The lowest BCUT2D eigenvalue weighted by atomic mass is 9.99. The number of aliphatic hydroxyl groups excluding tert-OH is 5. The molecule has 9 nitrogen and oxygen atoms in total. The first kappa shape index (κ1) is 44.0. The highest BCUT2D eigenvalue weighted by Crippen LogP contribution is 2.23. The Hall–Kier alpha value is -1.07. The van der Waals surface area contributed by atoms with Crippen LogP contribution < -0.4 is 5.32 Å². The van der Waals surface area contributed by atoms with Crippen LogP contribution >= 0.6 is 0 Å². The highest BCUT2D eigenvalue weighted by atomic mass is 16.7. The lowest BCUT2D eigenvalue weighted by Crippen LogP contribution is -2.60. The molecule has 0 saturated carbocycles. The van der Waals surface area contributed by atoms with E-state index in [1.165, 1.54) is 89.9 Å². The maximum atomic E-state index is 12.9. The fraction of sp³-hybridized carbons (Fsp3) is 0.921. The molecule has 1 rings (SSSR count). The summed E-state index contributed by atoms with van der Waals surface area (Å²) in [5.41, 5.74) is 0. The van der Waals surface area contributed by atoms with E-state index in [9.17, 15) is 30.3 Å². The van der Waals surface area contributed by atoms with Crippen LogP contribution in [0.4, 0.5) is 0 Å². The molecule has 47 heavy (non-hydrogen) atoms. The molecule has 1 aliphatic rings. The van der Waals surface area contributed by atoms with E-state index >= 15 is 0 Å². The number of nitrogens with one attached hydrogen (secondary N) is 1. The minimum Gasteiger partial charge on any atom is -0.394 e. The number of carbonyl (C=O) groups is 1. The first-order chi connectivity index (χ1) is 22.8. The minimum atomic E-state index is -1.55. The molecular formula is C38H73NO8. The van der Waals surface area contributed by atoms with Gasteiger partial charge in [-0.2, -0.15) is 0 Å². The van der Waals surface area contributed by atoms with Gasteiger partial charge in [-0.05, 0) is 38.5 Å². The summed E-state index contributed by atoms with van der Waals surface area (Å²) in [6.07, 6.45) is 23.6. The smallest absolute Gasteiger partial charge is 0.220 e. The Morgan fingerprint density at radius 2 is 1.19 bits per heavy atom. The molecule has 7 atom stereocenters. The third-order valence-corrected chi connectivity index (χ3v) is 9.37. The van der Waals surface area contributed by atoms with Crippen molar-refractivity contribution < 1.29 is 39.8 Å². The Kier molecular flexibility index (Phi) is 27.9. The van der Waals surface area contributed by atoms with Crippen molar-refractivity contribution in [2.45, 2.75) is 211 Å². The molecule has 278 valence electrons. The van der Waals surface area contributed by atoms with E-state index in [4.69, 9.17) is 9.47 Å². The topological polar surface area (TPSA) is 149 Å².